The zero-order chi connectivity index (χ0) is 19.5. The number of nitrogens with one attached hydrogen (secondary N) is 2. The molecule has 2 aliphatic rings. The molecular weight excluding hydrogens is 399 g/mol. The van der Waals surface area contributed by atoms with Gasteiger partial charge in [0, 0.05) is 24.9 Å². The molecule has 0 unspecified atom stereocenters. The van der Waals surface area contributed by atoms with E-state index in [1.54, 1.807) is 24.3 Å². The number of benzene rings is 2. The molecule has 1 amide bonds. The van der Waals surface area contributed by atoms with Gasteiger partial charge in [-0.05, 0) is 48.4 Å². The summed E-state index contributed by atoms with van der Waals surface area (Å²) in [6.07, 6.45) is 0.598. The predicted molar refractivity (Wildman–Crippen MR) is 109 cm³/mol. The molecular formula is C21H22ClFN2O4. The lowest BCUT2D eigenvalue weighted by molar-refractivity contribution is -0.116. The summed E-state index contributed by atoms with van der Waals surface area (Å²) in [5, 5.41) is 5.77. The molecule has 2 aliphatic heterocycles. The van der Waals surface area contributed by atoms with E-state index in [4.69, 9.17) is 9.47 Å². The highest BCUT2D eigenvalue weighted by molar-refractivity contribution is 6.00. The number of halogens is 2. The second-order valence-electron chi connectivity index (χ2n) is 6.82. The molecule has 0 aliphatic carbocycles. The first-order valence-corrected chi connectivity index (χ1v) is 9.35. The fraction of sp³-hybridized carbons (Fsp3) is 0.333. The molecule has 0 bridgehead atoms. The van der Waals surface area contributed by atoms with Gasteiger partial charge in [-0.2, -0.15) is 0 Å². The maximum absolute atomic E-state index is 14.6. The molecule has 2 aromatic rings. The molecule has 2 aromatic carbocycles. The SMILES string of the molecule is Cl.O=C(CCC(=O)c1ccc2c(c1)OCCO2)Nc1ccc2c(c1F)CCNC2. The Kier molecular flexibility index (Phi) is 6.71. The number of anilines is 1. The second-order valence-corrected chi connectivity index (χ2v) is 6.82. The molecule has 8 heteroatoms. The number of ether oxygens (including phenoxy) is 2. The van der Waals surface area contributed by atoms with Crippen molar-refractivity contribution in [2.45, 2.75) is 25.8 Å². The van der Waals surface area contributed by atoms with Gasteiger partial charge in [-0.3, -0.25) is 9.59 Å². The highest BCUT2D eigenvalue weighted by Gasteiger charge is 2.19. The third kappa shape index (κ3) is 4.68. The first kappa shape index (κ1) is 21.1. The van der Waals surface area contributed by atoms with Gasteiger partial charge in [-0.1, -0.05) is 6.07 Å². The molecule has 2 heterocycles. The summed E-state index contributed by atoms with van der Waals surface area (Å²) >= 11 is 0. The van der Waals surface area contributed by atoms with E-state index in [1.807, 2.05) is 6.07 Å². The molecule has 29 heavy (non-hydrogen) atoms. The van der Waals surface area contributed by atoms with Crippen LogP contribution in [0.25, 0.3) is 0 Å². The van der Waals surface area contributed by atoms with Crippen LogP contribution in [0, 0.1) is 5.82 Å². The first-order chi connectivity index (χ1) is 13.6. The largest absolute Gasteiger partial charge is 0.486 e. The Labute approximate surface area is 174 Å². The van der Waals surface area contributed by atoms with Crippen LogP contribution in [0.4, 0.5) is 10.1 Å². The predicted octanol–water partition coefficient (Wildman–Crippen LogP) is 3.27. The number of carbonyl (C=O) groups is 2. The van der Waals surface area contributed by atoms with E-state index in [0.29, 0.717) is 55.4 Å². The molecule has 0 spiro atoms. The van der Waals surface area contributed by atoms with Gasteiger partial charge in [0.2, 0.25) is 5.91 Å². The Hall–Kier alpha value is -2.64. The first-order valence-electron chi connectivity index (χ1n) is 9.35. The number of fused-ring (bicyclic) bond motifs is 2. The van der Waals surface area contributed by atoms with Crippen molar-refractivity contribution in [1.29, 1.82) is 0 Å². The van der Waals surface area contributed by atoms with Crippen LogP contribution in [0.3, 0.4) is 0 Å². The third-order valence-electron chi connectivity index (χ3n) is 4.92. The Morgan fingerprint density at radius 1 is 1.07 bits per heavy atom. The lowest BCUT2D eigenvalue weighted by Crippen LogP contribution is -2.25. The number of hydrogen-bond acceptors (Lipinski definition) is 5. The summed E-state index contributed by atoms with van der Waals surface area (Å²) in [4.78, 5) is 24.6. The van der Waals surface area contributed by atoms with Crippen molar-refractivity contribution in [1.82, 2.24) is 5.32 Å². The topological polar surface area (TPSA) is 76.7 Å². The summed E-state index contributed by atoms with van der Waals surface area (Å²) in [5.74, 6) is 0.194. The van der Waals surface area contributed by atoms with Crippen LogP contribution in [-0.4, -0.2) is 31.4 Å². The van der Waals surface area contributed by atoms with Crippen LogP contribution in [0.1, 0.15) is 34.3 Å². The third-order valence-corrected chi connectivity index (χ3v) is 4.92. The van der Waals surface area contributed by atoms with Gasteiger partial charge in [0.15, 0.2) is 17.3 Å². The summed E-state index contributed by atoms with van der Waals surface area (Å²) < 4.78 is 25.5. The molecule has 0 aromatic heterocycles. The van der Waals surface area contributed by atoms with Crippen LogP contribution >= 0.6 is 12.4 Å². The van der Waals surface area contributed by atoms with E-state index in [-0.39, 0.29) is 42.5 Å². The molecule has 6 nitrogen and oxygen atoms in total. The summed E-state index contributed by atoms with van der Waals surface area (Å²) in [5.41, 5.74) is 2.18. The number of amides is 1. The Morgan fingerprint density at radius 3 is 2.69 bits per heavy atom. The van der Waals surface area contributed by atoms with Crippen molar-refractivity contribution < 1.29 is 23.5 Å². The highest BCUT2D eigenvalue weighted by Crippen LogP contribution is 2.31. The number of carbonyl (C=O) groups excluding carboxylic acids is 2. The Morgan fingerprint density at radius 2 is 1.86 bits per heavy atom. The van der Waals surface area contributed by atoms with E-state index in [1.165, 1.54) is 0 Å². The smallest absolute Gasteiger partial charge is 0.224 e. The maximum atomic E-state index is 14.6. The van der Waals surface area contributed by atoms with Gasteiger partial charge in [-0.15, -0.1) is 12.4 Å². The van der Waals surface area contributed by atoms with Gasteiger partial charge in [0.1, 0.15) is 19.0 Å². The molecule has 0 radical (unpaired) electrons. The lowest BCUT2D eigenvalue weighted by Gasteiger charge is -2.19. The minimum atomic E-state index is -0.390. The molecule has 0 saturated heterocycles. The van der Waals surface area contributed by atoms with Crippen LogP contribution in [-0.2, 0) is 17.8 Å². The Balaban J connectivity index is 0.00000240. The number of hydrogen-bond donors (Lipinski definition) is 2. The minimum absolute atomic E-state index is 0. The van der Waals surface area contributed by atoms with Crippen molar-refractivity contribution in [3.05, 3.63) is 52.8 Å². The zero-order valence-electron chi connectivity index (χ0n) is 15.8. The maximum Gasteiger partial charge on any atom is 0.224 e. The Bertz CT molecular complexity index is 935. The van der Waals surface area contributed by atoms with E-state index < -0.39 is 5.91 Å². The van der Waals surface area contributed by atoms with Gasteiger partial charge >= 0.3 is 0 Å². The van der Waals surface area contributed by atoms with Crippen molar-refractivity contribution in [3.63, 3.8) is 0 Å². The number of ketones is 1. The monoisotopic (exact) mass is 420 g/mol. The number of rotatable bonds is 5. The van der Waals surface area contributed by atoms with Gasteiger partial charge in [-0.25, -0.2) is 4.39 Å². The summed E-state index contributed by atoms with van der Waals surface area (Å²) in [6, 6.07) is 8.37. The average molecular weight is 421 g/mol. The second kappa shape index (κ2) is 9.24. The molecule has 2 N–H and O–H groups in total. The minimum Gasteiger partial charge on any atom is -0.486 e. The van der Waals surface area contributed by atoms with Gasteiger partial charge in [0.05, 0.1) is 5.69 Å². The quantitative estimate of drug-likeness (QED) is 0.726. The molecule has 0 atom stereocenters. The van der Waals surface area contributed by atoms with Gasteiger partial charge in [0.25, 0.3) is 0 Å². The average Bonchev–Trinajstić information content (AvgIpc) is 2.74. The van der Waals surface area contributed by atoms with Crippen molar-refractivity contribution in [3.8, 4) is 11.5 Å². The molecule has 154 valence electrons. The van der Waals surface area contributed by atoms with Gasteiger partial charge < -0.3 is 20.1 Å². The van der Waals surface area contributed by atoms with E-state index in [2.05, 4.69) is 10.6 Å². The molecule has 4 rings (SSSR count). The fourth-order valence-corrected chi connectivity index (χ4v) is 3.43. The normalized spacial score (nSPS) is 14.4. The van der Waals surface area contributed by atoms with E-state index >= 15 is 0 Å². The van der Waals surface area contributed by atoms with Crippen LogP contribution in [0.5, 0.6) is 11.5 Å². The molecule has 0 fully saturated rings. The standard InChI is InChI=1S/C21H21FN2O4.ClH/c22-21-15-7-8-23-12-14(15)1-3-16(21)24-20(26)6-4-17(25)13-2-5-18-19(11-13)28-10-9-27-18;/h1-3,5,11,23H,4,6-10,12H2,(H,24,26);1H. The van der Waals surface area contributed by atoms with Crippen LogP contribution in [0.15, 0.2) is 30.3 Å². The van der Waals surface area contributed by atoms with Crippen LogP contribution in [0.2, 0.25) is 0 Å². The van der Waals surface area contributed by atoms with Crippen molar-refractivity contribution >= 4 is 29.8 Å². The van der Waals surface area contributed by atoms with Crippen molar-refractivity contribution in [2.24, 2.45) is 0 Å². The van der Waals surface area contributed by atoms with E-state index in [0.717, 1.165) is 5.56 Å². The fourth-order valence-electron chi connectivity index (χ4n) is 3.43. The summed E-state index contributed by atoms with van der Waals surface area (Å²) in [6.45, 7) is 2.27. The summed E-state index contributed by atoms with van der Waals surface area (Å²) in [7, 11) is 0. The van der Waals surface area contributed by atoms with Crippen molar-refractivity contribution in [2.75, 3.05) is 25.1 Å². The van der Waals surface area contributed by atoms with Crippen LogP contribution < -0.4 is 20.1 Å². The highest BCUT2D eigenvalue weighted by atomic mass is 35.5. The lowest BCUT2D eigenvalue weighted by atomic mass is 9.99. The zero-order valence-corrected chi connectivity index (χ0v) is 16.6. The van der Waals surface area contributed by atoms with E-state index in [9.17, 15) is 14.0 Å². The number of Topliss-reactive ketones (excluding diaryl/α,β-unsaturated/α-hetero) is 1. The molecule has 0 saturated carbocycles.